The Labute approximate surface area is 67.3 Å². The molecule has 0 rings (SSSR count). The van der Waals surface area contributed by atoms with Crippen molar-refractivity contribution >= 4 is 0 Å². The van der Waals surface area contributed by atoms with Crippen LogP contribution in [0.3, 0.4) is 0 Å². The minimum Gasteiger partial charge on any atom is -0.259 e. The maximum atomic E-state index is 10.3. The SMILES string of the molecule is CC/C=C(/CCCC)[N+](=O)[O-]. The zero-order valence-electron chi connectivity index (χ0n) is 7.17. The lowest BCUT2D eigenvalue weighted by Crippen LogP contribution is -1.98. The molecule has 0 aliphatic carbocycles. The second-order valence-corrected chi connectivity index (χ2v) is 2.46. The summed E-state index contributed by atoms with van der Waals surface area (Å²) in [4.78, 5) is 10.1. The van der Waals surface area contributed by atoms with Crippen molar-refractivity contribution in [2.24, 2.45) is 0 Å². The molecule has 0 bridgehead atoms. The molecule has 0 aromatic heterocycles. The highest BCUT2D eigenvalue weighted by molar-refractivity contribution is 4.90. The molecule has 3 nitrogen and oxygen atoms in total. The van der Waals surface area contributed by atoms with E-state index in [4.69, 9.17) is 0 Å². The van der Waals surface area contributed by atoms with Crippen molar-refractivity contribution in [1.29, 1.82) is 0 Å². The van der Waals surface area contributed by atoms with E-state index in [1.54, 1.807) is 6.08 Å². The van der Waals surface area contributed by atoms with Crippen LogP contribution in [0.15, 0.2) is 11.8 Å². The maximum absolute atomic E-state index is 10.3. The standard InChI is InChI=1S/C8H15NO2/c1-3-5-7-8(6-4-2)9(10)11/h6H,3-5,7H2,1-2H3/b8-6-. The average molecular weight is 157 g/mol. The third-order valence-electron chi connectivity index (χ3n) is 1.46. The Hall–Kier alpha value is -0.860. The van der Waals surface area contributed by atoms with Gasteiger partial charge in [-0.05, 0) is 18.9 Å². The highest BCUT2D eigenvalue weighted by Gasteiger charge is 2.07. The van der Waals surface area contributed by atoms with E-state index >= 15 is 0 Å². The highest BCUT2D eigenvalue weighted by atomic mass is 16.6. The minimum absolute atomic E-state index is 0.279. The van der Waals surface area contributed by atoms with Gasteiger partial charge in [0.05, 0.1) is 4.92 Å². The largest absolute Gasteiger partial charge is 0.259 e. The van der Waals surface area contributed by atoms with E-state index in [2.05, 4.69) is 0 Å². The topological polar surface area (TPSA) is 43.1 Å². The van der Waals surface area contributed by atoms with Crippen molar-refractivity contribution in [2.75, 3.05) is 0 Å². The van der Waals surface area contributed by atoms with Gasteiger partial charge in [0.2, 0.25) is 5.70 Å². The Morgan fingerprint density at radius 1 is 1.55 bits per heavy atom. The van der Waals surface area contributed by atoms with Gasteiger partial charge in [-0.15, -0.1) is 0 Å². The number of allylic oxidation sites excluding steroid dienone is 2. The van der Waals surface area contributed by atoms with Crippen LogP contribution in [-0.2, 0) is 0 Å². The fourth-order valence-corrected chi connectivity index (χ4v) is 0.861. The zero-order valence-corrected chi connectivity index (χ0v) is 7.17. The molecule has 11 heavy (non-hydrogen) atoms. The predicted octanol–water partition coefficient (Wildman–Crippen LogP) is 2.75. The molecule has 0 aliphatic heterocycles. The first-order valence-corrected chi connectivity index (χ1v) is 4.05. The number of hydrogen-bond donors (Lipinski definition) is 0. The number of nitro groups is 1. The lowest BCUT2D eigenvalue weighted by atomic mass is 10.2. The minimum atomic E-state index is -0.279. The number of unbranched alkanes of at least 4 members (excludes halogenated alkanes) is 1. The van der Waals surface area contributed by atoms with Gasteiger partial charge in [-0.1, -0.05) is 20.3 Å². The molecule has 0 N–H and O–H groups in total. The monoisotopic (exact) mass is 157 g/mol. The Balaban J connectivity index is 3.90. The van der Waals surface area contributed by atoms with Crippen LogP contribution in [0.5, 0.6) is 0 Å². The molecule has 64 valence electrons. The summed E-state index contributed by atoms with van der Waals surface area (Å²) in [5, 5.41) is 10.3. The van der Waals surface area contributed by atoms with Gasteiger partial charge < -0.3 is 0 Å². The van der Waals surface area contributed by atoms with Crippen LogP contribution >= 0.6 is 0 Å². The van der Waals surface area contributed by atoms with E-state index < -0.39 is 0 Å². The average Bonchev–Trinajstić information content (AvgIpc) is 1.97. The Kier molecular flexibility index (Phi) is 5.43. The van der Waals surface area contributed by atoms with E-state index in [1.165, 1.54) is 0 Å². The van der Waals surface area contributed by atoms with Crippen LogP contribution in [-0.4, -0.2) is 4.92 Å². The Morgan fingerprint density at radius 2 is 2.18 bits per heavy atom. The van der Waals surface area contributed by atoms with Gasteiger partial charge in [-0.2, -0.15) is 0 Å². The van der Waals surface area contributed by atoms with Crippen LogP contribution < -0.4 is 0 Å². The molecule has 0 aromatic rings. The third-order valence-corrected chi connectivity index (χ3v) is 1.46. The highest BCUT2D eigenvalue weighted by Crippen LogP contribution is 2.08. The van der Waals surface area contributed by atoms with E-state index in [1.807, 2.05) is 13.8 Å². The van der Waals surface area contributed by atoms with Crippen molar-refractivity contribution in [1.82, 2.24) is 0 Å². The molecular formula is C8H15NO2. The Bertz CT molecular complexity index is 152. The summed E-state index contributed by atoms with van der Waals surface area (Å²) in [6, 6.07) is 0. The number of nitrogens with zero attached hydrogens (tertiary/aromatic N) is 1. The van der Waals surface area contributed by atoms with E-state index in [-0.39, 0.29) is 4.92 Å². The summed E-state index contributed by atoms with van der Waals surface area (Å²) < 4.78 is 0. The van der Waals surface area contributed by atoms with Gasteiger partial charge in [-0.25, -0.2) is 0 Å². The molecule has 0 radical (unpaired) electrons. The van der Waals surface area contributed by atoms with Gasteiger partial charge in [0, 0.05) is 6.42 Å². The second kappa shape index (κ2) is 5.89. The normalized spacial score (nSPS) is 11.6. The van der Waals surface area contributed by atoms with Crippen molar-refractivity contribution in [3.05, 3.63) is 21.9 Å². The summed E-state index contributed by atoms with van der Waals surface area (Å²) >= 11 is 0. The third kappa shape index (κ3) is 4.53. The summed E-state index contributed by atoms with van der Waals surface area (Å²) in [5.74, 6) is 0. The van der Waals surface area contributed by atoms with Crippen molar-refractivity contribution in [2.45, 2.75) is 39.5 Å². The molecule has 0 aliphatic rings. The summed E-state index contributed by atoms with van der Waals surface area (Å²) in [7, 11) is 0. The lowest BCUT2D eigenvalue weighted by molar-refractivity contribution is -0.428. The van der Waals surface area contributed by atoms with Gasteiger partial charge >= 0.3 is 0 Å². The molecule has 0 heterocycles. The van der Waals surface area contributed by atoms with Crippen LogP contribution in [0.2, 0.25) is 0 Å². The smallest absolute Gasteiger partial charge is 0.242 e. The Morgan fingerprint density at radius 3 is 2.55 bits per heavy atom. The van der Waals surface area contributed by atoms with E-state index in [0.717, 1.165) is 19.3 Å². The lowest BCUT2D eigenvalue weighted by Gasteiger charge is -1.95. The van der Waals surface area contributed by atoms with Gasteiger partial charge in [0.15, 0.2) is 0 Å². The molecular weight excluding hydrogens is 142 g/mol. The first kappa shape index (κ1) is 10.1. The zero-order chi connectivity index (χ0) is 8.69. The van der Waals surface area contributed by atoms with Gasteiger partial charge in [0.1, 0.15) is 0 Å². The predicted molar refractivity (Wildman–Crippen MR) is 44.9 cm³/mol. The molecule has 0 amide bonds. The molecule has 0 aromatic carbocycles. The molecule has 0 spiro atoms. The van der Waals surface area contributed by atoms with Crippen LogP contribution in [0.1, 0.15) is 39.5 Å². The molecule has 0 atom stereocenters. The molecule has 3 heteroatoms. The summed E-state index contributed by atoms with van der Waals surface area (Å²) in [6.45, 7) is 3.94. The van der Waals surface area contributed by atoms with E-state index in [9.17, 15) is 10.1 Å². The van der Waals surface area contributed by atoms with Crippen molar-refractivity contribution < 1.29 is 4.92 Å². The molecule has 0 fully saturated rings. The fourth-order valence-electron chi connectivity index (χ4n) is 0.861. The van der Waals surface area contributed by atoms with Crippen LogP contribution in [0.25, 0.3) is 0 Å². The van der Waals surface area contributed by atoms with Crippen molar-refractivity contribution in [3.8, 4) is 0 Å². The van der Waals surface area contributed by atoms with E-state index in [0.29, 0.717) is 12.1 Å². The maximum Gasteiger partial charge on any atom is 0.242 e. The van der Waals surface area contributed by atoms with Gasteiger partial charge in [-0.3, -0.25) is 10.1 Å². The quantitative estimate of drug-likeness (QED) is 0.455. The molecule has 0 unspecified atom stereocenters. The van der Waals surface area contributed by atoms with Crippen molar-refractivity contribution in [3.63, 3.8) is 0 Å². The molecule has 0 saturated carbocycles. The number of hydrogen-bond acceptors (Lipinski definition) is 2. The van der Waals surface area contributed by atoms with Gasteiger partial charge in [0.25, 0.3) is 0 Å². The van der Waals surface area contributed by atoms with Crippen LogP contribution in [0, 0.1) is 10.1 Å². The summed E-state index contributed by atoms with van der Waals surface area (Å²) in [6.07, 6.45) is 4.97. The molecule has 0 saturated heterocycles. The summed E-state index contributed by atoms with van der Waals surface area (Å²) in [5.41, 5.74) is 0.370. The first-order valence-electron chi connectivity index (χ1n) is 4.05. The van der Waals surface area contributed by atoms with Crippen LogP contribution in [0.4, 0.5) is 0 Å². The second-order valence-electron chi connectivity index (χ2n) is 2.46. The first-order chi connectivity index (χ1) is 5.22. The number of rotatable bonds is 5. The fraction of sp³-hybridized carbons (Fsp3) is 0.750.